The van der Waals surface area contributed by atoms with Gasteiger partial charge in [-0.2, -0.15) is 0 Å². The van der Waals surface area contributed by atoms with Crippen LogP contribution in [0.3, 0.4) is 0 Å². The lowest BCUT2D eigenvalue weighted by atomic mass is 10.0. The van der Waals surface area contributed by atoms with E-state index in [2.05, 4.69) is 12.2 Å². The van der Waals surface area contributed by atoms with Crippen LogP contribution in [0.1, 0.15) is 44.1 Å². The fraction of sp³-hybridized carbons (Fsp3) is 0.714. The van der Waals surface area contributed by atoms with Crippen LogP contribution < -0.4 is 5.32 Å². The van der Waals surface area contributed by atoms with E-state index < -0.39 is 0 Å². The van der Waals surface area contributed by atoms with E-state index in [1.165, 1.54) is 25.7 Å². The minimum atomic E-state index is -0.196. The van der Waals surface area contributed by atoms with Crippen LogP contribution in [0, 0.1) is 5.92 Å². The molecule has 1 atom stereocenters. The molecule has 0 saturated heterocycles. The highest BCUT2D eigenvalue weighted by molar-refractivity contribution is 5.06. The highest BCUT2D eigenvalue weighted by Crippen LogP contribution is 2.27. The number of aliphatic hydroxyl groups excluding tert-OH is 1. The molecule has 1 aromatic rings. The van der Waals surface area contributed by atoms with Crippen molar-refractivity contribution < 1.29 is 9.52 Å². The molecule has 0 aromatic carbocycles. The van der Waals surface area contributed by atoms with Gasteiger partial charge in [-0.25, -0.2) is 0 Å². The molecule has 0 aliphatic heterocycles. The van der Waals surface area contributed by atoms with Gasteiger partial charge in [0.1, 0.15) is 11.5 Å². The van der Waals surface area contributed by atoms with Gasteiger partial charge in [-0.05, 0) is 30.9 Å². The van der Waals surface area contributed by atoms with Crippen LogP contribution in [0.5, 0.6) is 0 Å². The van der Waals surface area contributed by atoms with Crippen LogP contribution in [0.2, 0.25) is 0 Å². The van der Waals surface area contributed by atoms with Crippen molar-refractivity contribution in [2.24, 2.45) is 5.92 Å². The normalized spacial score (nSPS) is 18.7. The monoisotopic (exact) mass is 237 g/mol. The van der Waals surface area contributed by atoms with E-state index in [1.54, 1.807) is 0 Å². The Balaban J connectivity index is 1.68. The molecule has 2 rings (SSSR count). The van der Waals surface area contributed by atoms with Crippen molar-refractivity contribution in [2.45, 2.75) is 51.7 Å². The molecule has 0 bridgehead atoms. The number of furan rings is 1. The largest absolute Gasteiger partial charge is 0.465 e. The van der Waals surface area contributed by atoms with Gasteiger partial charge in [0.25, 0.3) is 0 Å². The van der Waals surface area contributed by atoms with Gasteiger partial charge < -0.3 is 14.8 Å². The molecule has 1 aliphatic carbocycles. The second-order valence-corrected chi connectivity index (χ2v) is 4.96. The molecule has 3 nitrogen and oxygen atoms in total. The molecule has 1 unspecified atom stereocenters. The number of hydrogen-bond donors (Lipinski definition) is 2. The van der Waals surface area contributed by atoms with Crippen LogP contribution in [0.15, 0.2) is 16.5 Å². The number of aryl methyl sites for hydroxylation is 1. The molecule has 1 heterocycles. The Hall–Kier alpha value is -0.800. The molecule has 1 fully saturated rings. The first-order chi connectivity index (χ1) is 8.29. The first-order valence-electron chi connectivity index (χ1n) is 6.76. The van der Waals surface area contributed by atoms with E-state index in [9.17, 15) is 5.11 Å². The summed E-state index contributed by atoms with van der Waals surface area (Å²) in [6.07, 6.45) is 5.66. The maximum Gasteiger partial charge on any atom is 0.117 e. The molecular formula is C14H23NO2. The van der Waals surface area contributed by atoms with Gasteiger partial charge >= 0.3 is 0 Å². The van der Waals surface area contributed by atoms with Crippen molar-refractivity contribution in [1.29, 1.82) is 0 Å². The van der Waals surface area contributed by atoms with Gasteiger partial charge in [0.15, 0.2) is 0 Å². The van der Waals surface area contributed by atoms with Crippen molar-refractivity contribution in [3.05, 3.63) is 23.7 Å². The van der Waals surface area contributed by atoms with E-state index in [0.29, 0.717) is 19.0 Å². The second kappa shape index (κ2) is 6.22. The quantitative estimate of drug-likeness (QED) is 0.799. The molecule has 17 heavy (non-hydrogen) atoms. The molecule has 3 heteroatoms. The van der Waals surface area contributed by atoms with Crippen molar-refractivity contribution in [2.75, 3.05) is 6.54 Å². The Morgan fingerprint density at radius 2 is 2.06 bits per heavy atom. The fourth-order valence-corrected chi connectivity index (χ4v) is 2.56. The Kier molecular flexibility index (Phi) is 4.63. The minimum absolute atomic E-state index is 0.196. The third kappa shape index (κ3) is 3.58. The van der Waals surface area contributed by atoms with Gasteiger partial charge in [0.2, 0.25) is 0 Å². The van der Waals surface area contributed by atoms with E-state index >= 15 is 0 Å². The Bertz CT molecular complexity index is 329. The molecule has 96 valence electrons. The summed E-state index contributed by atoms with van der Waals surface area (Å²) in [6, 6.07) is 4.03. The second-order valence-electron chi connectivity index (χ2n) is 4.96. The molecule has 1 aliphatic rings. The smallest absolute Gasteiger partial charge is 0.117 e. The average Bonchev–Trinajstić information content (AvgIpc) is 3.00. The summed E-state index contributed by atoms with van der Waals surface area (Å²) in [5, 5.41) is 13.3. The van der Waals surface area contributed by atoms with Crippen LogP contribution in [0.25, 0.3) is 0 Å². The molecule has 0 spiro atoms. The molecule has 2 N–H and O–H groups in total. The summed E-state index contributed by atoms with van der Waals surface area (Å²) in [5.74, 6) is 2.49. The maximum atomic E-state index is 9.99. The highest BCUT2D eigenvalue weighted by Gasteiger charge is 2.22. The Morgan fingerprint density at radius 3 is 2.71 bits per heavy atom. The summed E-state index contributed by atoms with van der Waals surface area (Å²) in [7, 11) is 0. The van der Waals surface area contributed by atoms with E-state index in [4.69, 9.17) is 4.42 Å². The van der Waals surface area contributed by atoms with E-state index in [1.807, 2.05) is 12.1 Å². The third-order valence-corrected chi connectivity index (χ3v) is 3.66. The SMILES string of the molecule is CCc1ccc(CNCC(O)C2CCCC2)o1. The average molecular weight is 237 g/mol. The van der Waals surface area contributed by atoms with E-state index in [0.717, 1.165) is 17.9 Å². The number of hydrogen-bond acceptors (Lipinski definition) is 3. The first-order valence-corrected chi connectivity index (χ1v) is 6.76. The molecule has 0 amide bonds. The summed E-state index contributed by atoms with van der Waals surface area (Å²) < 4.78 is 5.60. The lowest BCUT2D eigenvalue weighted by Gasteiger charge is -2.17. The van der Waals surface area contributed by atoms with Crippen molar-refractivity contribution >= 4 is 0 Å². The third-order valence-electron chi connectivity index (χ3n) is 3.66. The minimum Gasteiger partial charge on any atom is -0.465 e. The zero-order chi connectivity index (χ0) is 12.1. The Labute approximate surface area is 103 Å². The van der Waals surface area contributed by atoms with E-state index in [-0.39, 0.29) is 6.10 Å². The van der Waals surface area contributed by atoms with Gasteiger partial charge in [-0.1, -0.05) is 19.8 Å². The maximum absolute atomic E-state index is 9.99. The fourth-order valence-electron chi connectivity index (χ4n) is 2.56. The highest BCUT2D eigenvalue weighted by atomic mass is 16.3. The predicted molar refractivity (Wildman–Crippen MR) is 67.8 cm³/mol. The van der Waals surface area contributed by atoms with Crippen LogP contribution in [0.4, 0.5) is 0 Å². The van der Waals surface area contributed by atoms with Crippen molar-refractivity contribution in [3.8, 4) is 0 Å². The van der Waals surface area contributed by atoms with Gasteiger partial charge in [-0.15, -0.1) is 0 Å². The molecule has 1 aromatic heterocycles. The van der Waals surface area contributed by atoms with Crippen LogP contribution in [-0.2, 0) is 13.0 Å². The van der Waals surface area contributed by atoms with Crippen molar-refractivity contribution in [3.63, 3.8) is 0 Å². The summed E-state index contributed by atoms with van der Waals surface area (Å²) >= 11 is 0. The summed E-state index contributed by atoms with van der Waals surface area (Å²) in [5.41, 5.74) is 0. The van der Waals surface area contributed by atoms with Crippen molar-refractivity contribution in [1.82, 2.24) is 5.32 Å². The first kappa shape index (κ1) is 12.7. The van der Waals surface area contributed by atoms with Gasteiger partial charge in [-0.3, -0.25) is 0 Å². The van der Waals surface area contributed by atoms with Crippen LogP contribution >= 0.6 is 0 Å². The summed E-state index contributed by atoms with van der Waals surface area (Å²) in [4.78, 5) is 0. The topological polar surface area (TPSA) is 45.4 Å². The zero-order valence-corrected chi connectivity index (χ0v) is 10.6. The van der Waals surface area contributed by atoms with Gasteiger partial charge in [0, 0.05) is 13.0 Å². The molecule has 0 radical (unpaired) electrons. The number of rotatable bonds is 6. The summed E-state index contributed by atoms with van der Waals surface area (Å²) in [6.45, 7) is 3.47. The molecular weight excluding hydrogens is 214 g/mol. The predicted octanol–water partition coefficient (Wildman–Crippen LogP) is 2.48. The zero-order valence-electron chi connectivity index (χ0n) is 10.6. The number of nitrogens with one attached hydrogen (secondary N) is 1. The standard InChI is InChI=1S/C14H23NO2/c1-2-12-7-8-13(17-12)9-15-10-14(16)11-5-3-4-6-11/h7-8,11,14-16H,2-6,9-10H2,1H3. The lowest BCUT2D eigenvalue weighted by Crippen LogP contribution is -2.31. The number of aliphatic hydroxyl groups is 1. The van der Waals surface area contributed by atoms with Crippen LogP contribution in [-0.4, -0.2) is 17.8 Å². The molecule has 1 saturated carbocycles. The Morgan fingerprint density at radius 1 is 1.35 bits per heavy atom. The van der Waals surface area contributed by atoms with Gasteiger partial charge in [0.05, 0.1) is 12.6 Å². The lowest BCUT2D eigenvalue weighted by molar-refractivity contribution is 0.108.